The number of rotatable bonds is 3. The fourth-order valence-electron chi connectivity index (χ4n) is 3.09. The van der Waals surface area contributed by atoms with Gasteiger partial charge in [-0.15, -0.1) is 0 Å². The van der Waals surface area contributed by atoms with E-state index in [0.717, 1.165) is 6.20 Å². The summed E-state index contributed by atoms with van der Waals surface area (Å²) >= 11 is 0. The van der Waals surface area contributed by atoms with Gasteiger partial charge in [0.1, 0.15) is 17.0 Å². The zero-order valence-corrected chi connectivity index (χ0v) is 14.9. The second kappa shape index (κ2) is 6.51. The van der Waals surface area contributed by atoms with Crippen molar-refractivity contribution in [1.29, 1.82) is 0 Å². The fraction of sp³-hybridized carbons (Fsp3) is 0.381. The van der Waals surface area contributed by atoms with Crippen LogP contribution < -0.4 is 5.73 Å². The molecule has 0 spiro atoms. The van der Waals surface area contributed by atoms with E-state index < -0.39 is 36.9 Å². The maximum Gasteiger partial charge on any atom is 0.220 e. The third-order valence-corrected chi connectivity index (χ3v) is 4.73. The minimum atomic E-state index is -3.43. The van der Waals surface area contributed by atoms with Crippen molar-refractivity contribution < 1.29 is 25.2 Å². The molecule has 0 bridgehead atoms. The van der Waals surface area contributed by atoms with E-state index in [2.05, 4.69) is 20.9 Å². The van der Waals surface area contributed by atoms with E-state index in [-0.39, 0.29) is 23.4 Å². The van der Waals surface area contributed by atoms with Crippen LogP contribution in [-0.2, 0) is 4.74 Å². The first-order valence-corrected chi connectivity index (χ1v) is 8.69. The van der Waals surface area contributed by atoms with Crippen LogP contribution in [-0.4, -0.2) is 43.4 Å². The van der Waals surface area contributed by atoms with Crippen LogP contribution in [0.25, 0.3) is 22.2 Å². The van der Waals surface area contributed by atoms with Crippen molar-refractivity contribution in [3.8, 4) is 23.1 Å². The molecule has 148 valence electrons. The van der Waals surface area contributed by atoms with E-state index in [0.29, 0.717) is 29.7 Å². The number of aromatic nitrogens is 4. The largest absolute Gasteiger partial charge is 0.378 e. The van der Waals surface area contributed by atoms with E-state index in [9.17, 15) is 9.50 Å². The van der Waals surface area contributed by atoms with Crippen LogP contribution in [0.1, 0.15) is 42.3 Å². The highest BCUT2D eigenvalue weighted by molar-refractivity contribution is 5.95. The van der Waals surface area contributed by atoms with Gasteiger partial charge in [-0.05, 0) is 37.5 Å². The van der Waals surface area contributed by atoms with Gasteiger partial charge in [-0.3, -0.25) is 0 Å². The van der Waals surface area contributed by atoms with E-state index >= 15 is 0 Å². The van der Waals surface area contributed by atoms with Gasteiger partial charge in [-0.25, -0.2) is 19.3 Å². The van der Waals surface area contributed by atoms with E-state index in [1.165, 1.54) is 12.3 Å². The molecule has 1 atom stereocenters. The van der Waals surface area contributed by atoms with Gasteiger partial charge in [0.25, 0.3) is 0 Å². The van der Waals surface area contributed by atoms with Crippen molar-refractivity contribution in [3.05, 3.63) is 36.2 Å². The predicted molar refractivity (Wildman–Crippen MR) is 105 cm³/mol. The highest BCUT2D eigenvalue weighted by atomic mass is 19.1. The summed E-state index contributed by atoms with van der Waals surface area (Å²) in [5, 5.41) is 11.4. The number of ether oxygens (including phenoxy) is 1. The monoisotopic (exact) mass is 401 g/mol. The summed E-state index contributed by atoms with van der Waals surface area (Å²) in [4.78, 5) is 11.8. The Labute approximate surface area is 178 Å². The average Bonchev–Trinajstić information content (AvgIpc) is 3.02. The second-order valence-corrected chi connectivity index (χ2v) is 6.74. The Balaban J connectivity index is 1.67. The SMILES string of the molecule is [2H]C([2H])([2H])C(O)(C#Cc1cc2c(-c3nc(N)ncc3F)cn(C3COC3)c2cn1)C1([2H])C([2H])([2H])C1([2H])[2H]. The van der Waals surface area contributed by atoms with Crippen molar-refractivity contribution in [2.75, 3.05) is 18.9 Å². The minimum absolute atomic E-state index is 0.0552. The molecule has 29 heavy (non-hydrogen) atoms. The van der Waals surface area contributed by atoms with Crippen LogP contribution in [0.2, 0.25) is 0 Å². The fourth-order valence-corrected chi connectivity index (χ4v) is 3.09. The number of nitrogen functional groups attached to an aromatic ring is 1. The zero-order valence-electron chi connectivity index (χ0n) is 22.9. The predicted octanol–water partition coefficient (Wildman–Crippen LogP) is 2.30. The molecule has 5 rings (SSSR count). The lowest BCUT2D eigenvalue weighted by molar-refractivity contribution is -0.0213. The summed E-state index contributed by atoms with van der Waals surface area (Å²) in [6, 6.07) is 1.35. The Morgan fingerprint density at radius 2 is 2.28 bits per heavy atom. The number of halogens is 1. The third kappa shape index (κ3) is 3.22. The van der Waals surface area contributed by atoms with Crippen LogP contribution in [0.3, 0.4) is 0 Å². The maximum atomic E-state index is 14.7. The molecule has 7 nitrogen and oxygen atoms in total. The maximum absolute atomic E-state index is 14.7. The smallest absolute Gasteiger partial charge is 0.220 e. The third-order valence-electron chi connectivity index (χ3n) is 4.73. The minimum Gasteiger partial charge on any atom is -0.378 e. The van der Waals surface area contributed by atoms with Crippen molar-refractivity contribution in [1.82, 2.24) is 19.5 Å². The molecule has 0 aromatic carbocycles. The average molecular weight is 401 g/mol. The molecule has 1 aliphatic heterocycles. The Kier molecular flexibility index (Phi) is 2.52. The Morgan fingerprint density at radius 3 is 2.97 bits per heavy atom. The molecule has 2 aliphatic rings. The molecule has 0 radical (unpaired) electrons. The second-order valence-electron chi connectivity index (χ2n) is 6.74. The quantitative estimate of drug-likeness (QED) is 0.654. The molecule has 1 saturated heterocycles. The first kappa shape index (κ1) is 11.2. The van der Waals surface area contributed by atoms with E-state index in [1.54, 1.807) is 6.20 Å². The molecule has 1 unspecified atom stereocenters. The molecule has 3 aromatic rings. The van der Waals surface area contributed by atoms with Gasteiger partial charge in [0.05, 0.1) is 37.2 Å². The lowest BCUT2D eigenvalue weighted by Crippen LogP contribution is -2.30. The number of hydrogen-bond acceptors (Lipinski definition) is 6. The molecule has 3 N–H and O–H groups in total. The Bertz CT molecular complexity index is 1480. The van der Waals surface area contributed by atoms with Crippen LogP contribution in [0.4, 0.5) is 10.3 Å². The topological polar surface area (TPSA) is 99.1 Å². The summed E-state index contributed by atoms with van der Waals surface area (Å²) in [7, 11) is 0. The highest BCUT2D eigenvalue weighted by Gasteiger charge is 2.38. The number of nitrogens with two attached hydrogens (primary N) is 1. The molecule has 1 aliphatic carbocycles. The van der Waals surface area contributed by atoms with E-state index in [1.807, 2.05) is 10.5 Å². The van der Waals surface area contributed by atoms with Gasteiger partial charge in [-0.2, -0.15) is 0 Å². The van der Waals surface area contributed by atoms with Gasteiger partial charge in [-0.1, -0.05) is 5.92 Å². The first-order valence-electron chi connectivity index (χ1n) is 12.7. The first-order chi connectivity index (χ1) is 17.1. The normalized spacial score (nSPS) is 27.8. The van der Waals surface area contributed by atoms with Crippen LogP contribution in [0.5, 0.6) is 0 Å². The summed E-state index contributed by atoms with van der Waals surface area (Å²) < 4.78 is 84.4. The van der Waals surface area contributed by atoms with Gasteiger partial charge in [0.15, 0.2) is 5.82 Å². The van der Waals surface area contributed by atoms with Gasteiger partial charge in [0.2, 0.25) is 5.95 Å². The standard InChI is InChI=1S/C21H20FN5O2/c1-21(28,12-2-3-12)5-4-13-6-15-16(19-17(22)7-25-20(23)26-19)9-27(14-10-29-11-14)18(15)8-24-13/h6-9,12,14,28H,2-3,10-11H2,1H3,(H2,23,25,26)/i1D3,2D2,3D2,12D. The van der Waals surface area contributed by atoms with Crippen LogP contribution in [0.15, 0.2) is 24.7 Å². The number of hydrogen-bond donors (Lipinski definition) is 2. The lowest BCUT2D eigenvalue weighted by Gasteiger charge is -2.28. The van der Waals surface area contributed by atoms with Gasteiger partial charge < -0.3 is 20.1 Å². The summed E-state index contributed by atoms with van der Waals surface area (Å²) in [5.74, 6) is 0.409. The van der Waals surface area contributed by atoms with Gasteiger partial charge in [0, 0.05) is 28.1 Å². The molecule has 4 heterocycles. The molecule has 0 amide bonds. The van der Waals surface area contributed by atoms with Crippen molar-refractivity contribution in [2.24, 2.45) is 5.89 Å². The van der Waals surface area contributed by atoms with Crippen molar-refractivity contribution in [2.45, 2.75) is 31.2 Å². The number of nitrogens with zero attached hydrogens (tertiary/aromatic N) is 4. The van der Waals surface area contributed by atoms with Crippen molar-refractivity contribution in [3.63, 3.8) is 0 Å². The molecule has 1 saturated carbocycles. The zero-order chi connectivity index (χ0) is 27.2. The van der Waals surface area contributed by atoms with Gasteiger partial charge >= 0.3 is 0 Å². The summed E-state index contributed by atoms with van der Waals surface area (Å²) in [5.41, 5.74) is 2.98. The molecule has 2 fully saturated rings. The number of fused-ring (bicyclic) bond motifs is 1. The summed E-state index contributed by atoms with van der Waals surface area (Å²) in [6.07, 6.45) is -1.97. The Morgan fingerprint density at radius 1 is 1.45 bits per heavy atom. The van der Waals surface area contributed by atoms with E-state index in [4.69, 9.17) is 21.4 Å². The molecule has 3 aromatic heterocycles. The number of pyridine rings is 1. The lowest BCUT2D eigenvalue weighted by atomic mass is 10.0. The summed E-state index contributed by atoms with van der Waals surface area (Å²) in [6.45, 7) is -2.59. The van der Waals surface area contributed by atoms with Crippen LogP contribution >= 0.6 is 0 Å². The number of aliphatic hydroxyl groups is 1. The van der Waals surface area contributed by atoms with Crippen molar-refractivity contribution >= 4 is 16.9 Å². The molecule has 8 heteroatoms. The highest BCUT2D eigenvalue weighted by Crippen LogP contribution is 2.39. The molecular formula is C21H20FN5O2. The number of anilines is 1. The molecular weight excluding hydrogens is 373 g/mol. The van der Waals surface area contributed by atoms with Crippen LogP contribution in [0, 0.1) is 23.6 Å². The Hall–Kier alpha value is -3.02.